The highest BCUT2D eigenvalue weighted by molar-refractivity contribution is 5.81. The highest BCUT2D eigenvalue weighted by Crippen LogP contribution is 2.03. The van der Waals surface area contributed by atoms with Gasteiger partial charge in [0.05, 0.1) is 6.42 Å². The fraction of sp³-hybridized carbons (Fsp3) is 0.364. The Morgan fingerprint density at radius 1 is 1.12 bits per heavy atom. The Morgan fingerprint density at radius 3 is 2.35 bits per heavy atom. The first-order chi connectivity index (χ1) is 8.10. The van der Waals surface area contributed by atoms with Gasteiger partial charge in [0.25, 0.3) is 6.47 Å². The van der Waals surface area contributed by atoms with Gasteiger partial charge in [0, 0.05) is 12.5 Å². The van der Waals surface area contributed by atoms with Crippen LogP contribution >= 0.6 is 0 Å². The minimum Gasteiger partial charge on any atom is -0.462 e. The average Bonchev–Trinajstić information content (AvgIpc) is 2.32. The van der Waals surface area contributed by atoms with Crippen LogP contribution in [-0.2, 0) is 28.6 Å². The van der Waals surface area contributed by atoms with Crippen molar-refractivity contribution >= 4 is 18.4 Å². The third-order valence-electron chi connectivity index (χ3n) is 1.58. The molecular weight excluding hydrogens is 228 g/mol. The highest BCUT2D eigenvalue weighted by Gasteiger charge is 2.05. The summed E-state index contributed by atoms with van der Waals surface area (Å²) in [6.07, 6.45) is 1.26. The van der Waals surface area contributed by atoms with Gasteiger partial charge in [-0.3, -0.25) is 9.59 Å². The Kier molecular flexibility index (Phi) is 8.01. The first-order valence-electron chi connectivity index (χ1n) is 4.83. The van der Waals surface area contributed by atoms with Gasteiger partial charge in [-0.15, -0.1) is 0 Å². The molecule has 17 heavy (non-hydrogen) atoms. The van der Waals surface area contributed by atoms with E-state index in [9.17, 15) is 14.4 Å². The predicted molar refractivity (Wildman–Crippen MR) is 57.6 cm³/mol. The van der Waals surface area contributed by atoms with Gasteiger partial charge < -0.3 is 14.2 Å². The smallest absolute Gasteiger partial charge is 0.330 e. The first-order valence-corrected chi connectivity index (χ1v) is 4.83. The minimum atomic E-state index is -0.575. The van der Waals surface area contributed by atoms with Crippen LogP contribution in [0.2, 0.25) is 0 Å². The van der Waals surface area contributed by atoms with Crippen molar-refractivity contribution in [2.24, 2.45) is 0 Å². The molecule has 0 aliphatic rings. The summed E-state index contributed by atoms with van der Waals surface area (Å²) in [6, 6.07) is 0. The molecule has 0 amide bonds. The molecule has 0 heterocycles. The molecule has 0 radical (unpaired) electrons. The van der Waals surface area contributed by atoms with Gasteiger partial charge in [-0.1, -0.05) is 13.2 Å². The number of esters is 2. The van der Waals surface area contributed by atoms with Crippen LogP contribution in [0.4, 0.5) is 0 Å². The van der Waals surface area contributed by atoms with E-state index in [1.54, 1.807) is 0 Å². The number of hydrogen-bond donors (Lipinski definition) is 0. The molecule has 0 aliphatic heterocycles. The van der Waals surface area contributed by atoms with Crippen molar-refractivity contribution in [3.8, 4) is 0 Å². The molecule has 0 bridgehead atoms. The van der Waals surface area contributed by atoms with E-state index in [-0.39, 0.29) is 38.3 Å². The largest absolute Gasteiger partial charge is 0.462 e. The molecule has 0 spiro atoms. The summed E-state index contributed by atoms with van der Waals surface area (Å²) in [7, 11) is 0. The van der Waals surface area contributed by atoms with Crippen LogP contribution < -0.4 is 0 Å². The lowest BCUT2D eigenvalue weighted by atomic mass is 10.3. The SMILES string of the molecule is C=CC(=O)OCCOC(=O)CCC(=C)OC=O. The third-order valence-corrected chi connectivity index (χ3v) is 1.58. The maximum atomic E-state index is 11.1. The Morgan fingerprint density at radius 2 is 1.76 bits per heavy atom. The lowest BCUT2D eigenvalue weighted by Crippen LogP contribution is -2.12. The summed E-state index contributed by atoms with van der Waals surface area (Å²) < 4.78 is 13.7. The van der Waals surface area contributed by atoms with Gasteiger partial charge in [-0.25, -0.2) is 4.79 Å². The molecule has 0 aromatic carbocycles. The van der Waals surface area contributed by atoms with Crippen molar-refractivity contribution in [3.05, 3.63) is 25.0 Å². The summed E-state index contributed by atoms with van der Waals surface area (Å²) in [6.45, 7) is 6.80. The van der Waals surface area contributed by atoms with Crippen LogP contribution in [0.3, 0.4) is 0 Å². The molecule has 0 aliphatic carbocycles. The van der Waals surface area contributed by atoms with Gasteiger partial charge in [-0.05, 0) is 0 Å². The van der Waals surface area contributed by atoms with E-state index in [4.69, 9.17) is 4.74 Å². The molecule has 6 heteroatoms. The molecule has 0 saturated heterocycles. The Balaban J connectivity index is 3.53. The highest BCUT2D eigenvalue weighted by atomic mass is 16.6. The second kappa shape index (κ2) is 9.14. The van der Waals surface area contributed by atoms with E-state index in [1.165, 1.54) is 0 Å². The number of ether oxygens (including phenoxy) is 3. The van der Waals surface area contributed by atoms with E-state index >= 15 is 0 Å². The topological polar surface area (TPSA) is 78.9 Å². The molecule has 0 N–H and O–H groups in total. The van der Waals surface area contributed by atoms with Gasteiger partial charge in [0.15, 0.2) is 0 Å². The third kappa shape index (κ3) is 8.86. The van der Waals surface area contributed by atoms with Crippen LogP contribution in [0.1, 0.15) is 12.8 Å². The second-order valence-electron chi connectivity index (χ2n) is 2.84. The zero-order valence-corrected chi connectivity index (χ0v) is 9.35. The van der Waals surface area contributed by atoms with Crippen LogP contribution in [0.15, 0.2) is 25.0 Å². The summed E-state index contributed by atoms with van der Waals surface area (Å²) >= 11 is 0. The molecule has 0 rings (SSSR count). The van der Waals surface area contributed by atoms with Crippen LogP contribution in [0, 0.1) is 0 Å². The van der Waals surface area contributed by atoms with Crippen molar-refractivity contribution in [2.75, 3.05) is 13.2 Å². The maximum Gasteiger partial charge on any atom is 0.330 e. The lowest BCUT2D eigenvalue weighted by Gasteiger charge is -2.05. The average molecular weight is 242 g/mol. The van der Waals surface area contributed by atoms with Crippen LogP contribution in [0.25, 0.3) is 0 Å². The standard InChI is InChI=1S/C11H14O6/c1-3-10(13)15-6-7-16-11(14)5-4-9(2)17-8-12/h3,8H,1-2,4-7H2. The molecule has 0 aromatic rings. The van der Waals surface area contributed by atoms with Gasteiger partial charge in [-0.2, -0.15) is 0 Å². The lowest BCUT2D eigenvalue weighted by molar-refractivity contribution is -0.149. The Bertz CT molecular complexity index is 307. The quantitative estimate of drug-likeness (QED) is 0.148. The van der Waals surface area contributed by atoms with Gasteiger partial charge >= 0.3 is 11.9 Å². The Labute approximate surface area is 98.8 Å². The summed E-state index contributed by atoms with van der Waals surface area (Å²) in [4.78, 5) is 31.6. The summed E-state index contributed by atoms with van der Waals surface area (Å²) in [5, 5.41) is 0. The number of carbonyl (C=O) groups is 3. The molecule has 0 fully saturated rings. The minimum absolute atomic E-state index is 0.0254. The van der Waals surface area contributed by atoms with Crippen LogP contribution in [0.5, 0.6) is 0 Å². The number of allylic oxidation sites excluding steroid dienone is 1. The van der Waals surface area contributed by atoms with Crippen LogP contribution in [-0.4, -0.2) is 31.6 Å². The molecule has 0 unspecified atom stereocenters. The number of rotatable bonds is 9. The molecule has 0 aromatic heterocycles. The number of carbonyl (C=O) groups excluding carboxylic acids is 3. The zero-order chi connectivity index (χ0) is 13.1. The van der Waals surface area contributed by atoms with Gasteiger partial charge in [0.1, 0.15) is 19.0 Å². The van der Waals surface area contributed by atoms with E-state index < -0.39 is 11.9 Å². The Hall–Kier alpha value is -2.11. The molecule has 94 valence electrons. The van der Waals surface area contributed by atoms with E-state index in [0.29, 0.717) is 0 Å². The van der Waals surface area contributed by atoms with Crippen molar-refractivity contribution in [1.82, 2.24) is 0 Å². The monoisotopic (exact) mass is 242 g/mol. The van der Waals surface area contributed by atoms with E-state index in [1.807, 2.05) is 0 Å². The van der Waals surface area contributed by atoms with Gasteiger partial charge in [0.2, 0.25) is 0 Å². The zero-order valence-electron chi connectivity index (χ0n) is 9.35. The fourth-order valence-corrected chi connectivity index (χ4v) is 0.797. The molecular formula is C11H14O6. The van der Waals surface area contributed by atoms with Crippen molar-refractivity contribution in [2.45, 2.75) is 12.8 Å². The van der Waals surface area contributed by atoms with Crippen molar-refractivity contribution in [3.63, 3.8) is 0 Å². The fourth-order valence-electron chi connectivity index (χ4n) is 0.797. The summed E-state index contributed by atoms with van der Waals surface area (Å²) in [5.74, 6) is -0.876. The normalized spacial score (nSPS) is 8.94. The van der Waals surface area contributed by atoms with Crippen molar-refractivity contribution < 1.29 is 28.6 Å². The second-order valence-corrected chi connectivity index (χ2v) is 2.84. The summed E-state index contributed by atoms with van der Waals surface area (Å²) in [5.41, 5.74) is 0. The molecule has 6 nitrogen and oxygen atoms in total. The van der Waals surface area contributed by atoms with E-state index in [2.05, 4.69) is 22.6 Å². The number of hydrogen-bond acceptors (Lipinski definition) is 6. The van der Waals surface area contributed by atoms with Crippen molar-refractivity contribution in [1.29, 1.82) is 0 Å². The van der Waals surface area contributed by atoms with E-state index in [0.717, 1.165) is 6.08 Å². The predicted octanol–water partition coefficient (Wildman–Crippen LogP) is 0.726. The first kappa shape index (κ1) is 14.9. The molecule has 0 saturated carbocycles. The maximum absolute atomic E-state index is 11.1. The molecule has 0 atom stereocenters.